The number of furan rings is 1. The molecule has 3 rings (SSSR count). The van der Waals surface area contributed by atoms with Crippen molar-refractivity contribution in [3.05, 3.63) is 35.9 Å². The first kappa shape index (κ1) is 18.2. The van der Waals surface area contributed by atoms with Crippen molar-refractivity contribution >= 4 is 11.8 Å². The van der Waals surface area contributed by atoms with Crippen LogP contribution >= 0.6 is 11.8 Å². The molecule has 0 N–H and O–H groups in total. The SMILES string of the molecule is COCc1cc(OCC2CN(Cc3ccoc3)CCO2)nc(SC)n1. The van der Waals surface area contributed by atoms with E-state index in [1.165, 1.54) is 17.3 Å². The van der Waals surface area contributed by atoms with Crippen molar-refractivity contribution in [3.8, 4) is 5.88 Å². The summed E-state index contributed by atoms with van der Waals surface area (Å²) in [5.41, 5.74) is 1.98. The van der Waals surface area contributed by atoms with Gasteiger partial charge in [0.05, 0.1) is 31.4 Å². The quantitative estimate of drug-likeness (QED) is 0.521. The van der Waals surface area contributed by atoms with E-state index in [1.54, 1.807) is 19.6 Å². The van der Waals surface area contributed by atoms with Gasteiger partial charge in [0.25, 0.3) is 0 Å². The zero-order valence-electron chi connectivity index (χ0n) is 14.5. The predicted octanol–water partition coefficient (Wildman–Crippen LogP) is 2.22. The van der Waals surface area contributed by atoms with Gasteiger partial charge in [-0.15, -0.1) is 0 Å². The van der Waals surface area contributed by atoms with E-state index >= 15 is 0 Å². The lowest BCUT2D eigenvalue weighted by Gasteiger charge is -2.32. The Morgan fingerprint density at radius 3 is 3.08 bits per heavy atom. The van der Waals surface area contributed by atoms with Gasteiger partial charge < -0.3 is 18.6 Å². The smallest absolute Gasteiger partial charge is 0.217 e. The first-order valence-corrected chi connectivity index (χ1v) is 9.38. The van der Waals surface area contributed by atoms with E-state index in [4.69, 9.17) is 18.6 Å². The van der Waals surface area contributed by atoms with Crippen LogP contribution in [0, 0.1) is 0 Å². The number of hydrogen-bond acceptors (Lipinski definition) is 8. The highest BCUT2D eigenvalue weighted by atomic mass is 32.2. The van der Waals surface area contributed by atoms with Crippen molar-refractivity contribution in [2.75, 3.05) is 39.7 Å². The normalized spacial score (nSPS) is 18.4. The van der Waals surface area contributed by atoms with Crippen LogP contribution in [0.4, 0.5) is 0 Å². The van der Waals surface area contributed by atoms with Crippen LogP contribution < -0.4 is 4.74 Å². The Balaban J connectivity index is 1.54. The van der Waals surface area contributed by atoms with Gasteiger partial charge in [-0.25, -0.2) is 4.98 Å². The molecular weight excluding hydrogens is 342 g/mol. The van der Waals surface area contributed by atoms with Gasteiger partial charge in [-0.05, 0) is 12.3 Å². The predicted molar refractivity (Wildman–Crippen MR) is 93.7 cm³/mol. The highest BCUT2D eigenvalue weighted by molar-refractivity contribution is 7.98. The summed E-state index contributed by atoms with van der Waals surface area (Å²) in [4.78, 5) is 11.1. The molecule has 1 aliphatic rings. The Morgan fingerprint density at radius 1 is 1.40 bits per heavy atom. The summed E-state index contributed by atoms with van der Waals surface area (Å²) in [6.45, 7) is 4.17. The van der Waals surface area contributed by atoms with Crippen LogP contribution in [0.15, 0.2) is 34.2 Å². The van der Waals surface area contributed by atoms with E-state index in [1.807, 2.05) is 18.4 Å². The number of hydrogen-bond donors (Lipinski definition) is 0. The molecule has 1 saturated heterocycles. The second-order valence-corrected chi connectivity index (χ2v) is 6.56. The van der Waals surface area contributed by atoms with Crippen molar-refractivity contribution in [2.24, 2.45) is 0 Å². The molecule has 8 heteroatoms. The third-order valence-corrected chi connectivity index (χ3v) is 4.38. The van der Waals surface area contributed by atoms with E-state index in [-0.39, 0.29) is 6.10 Å². The summed E-state index contributed by atoms with van der Waals surface area (Å²) in [5, 5.41) is 0.677. The molecule has 3 heterocycles. The number of nitrogens with zero attached hydrogens (tertiary/aromatic N) is 3. The van der Waals surface area contributed by atoms with E-state index in [9.17, 15) is 0 Å². The Kier molecular flexibility index (Phi) is 6.69. The highest BCUT2D eigenvalue weighted by Crippen LogP contribution is 2.18. The fourth-order valence-corrected chi connectivity index (χ4v) is 3.07. The van der Waals surface area contributed by atoms with Crippen molar-refractivity contribution in [3.63, 3.8) is 0 Å². The molecule has 2 aromatic rings. The molecule has 0 aromatic carbocycles. The first-order valence-electron chi connectivity index (χ1n) is 8.15. The fourth-order valence-electron chi connectivity index (χ4n) is 2.68. The maximum absolute atomic E-state index is 5.87. The van der Waals surface area contributed by atoms with Crippen LogP contribution in [0.25, 0.3) is 0 Å². The molecule has 25 heavy (non-hydrogen) atoms. The second-order valence-electron chi connectivity index (χ2n) is 5.79. The minimum Gasteiger partial charge on any atom is -0.475 e. The summed E-state index contributed by atoms with van der Waals surface area (Å²) in [5.74, 6) is 0.557. The molecule has 1 aliphatic heterocycles. The Hall–Kier alpha value is -1.61. The minimum atomic E-state index is 0.0132. The molecule has 1 atom stereocenters. The molecule has 0 amide bonds. The summed E-state index contributed by atoms with van der Waals surface area (Å²) >= 11 is 1.48. The number of rotatable bonds is 8. The number of morpholine rings is 1. The number of methoxy groups -OCH3 is 1. The molecule has 136 valence electrons. The average molecular weight is 365 g/mol. The van der Waals surface area contributed by atoms with Gasteiger partial charge in [-0.2, -0.15) is 4.98 Å². The molecule has 2 aromatic heterocycles. The first-order chi connectivity index (χ1) is 12.3. The van der Waals surface area contributed by atoms with Crippen LogP contribution in [-0.4, -0.2) is 60.6 Å². The molecule has 0 radical (unpaired) electrons. The third kappa shape index (κ3) is 5.43. The zero-order chi connectivity index (χ0) is 17.5. The number of aromatic nitrogens is 2. The Labute approximate surface area is 151 Å². The van der Waals surface area contributed by atoms with E-state index in [0.29, 0.717) is 30.9 Å². The minimum absolute atomic E-state index is 0.0132. The topological polar surface area (TPSA) is 69.9 Å². The van der Waals surface area contributed by atoms with Gasteiger partial charge in [0.2, 0.25) is 5.88 Å². The summed E-state index contributed by atoms with van der Waals surface area (Å²) in [7, 11) is 1.64. The molecular formula is C17H23N3O4S. The second kappa shape index (κ2) is 9.19. The van der Waals surface area contributed by atoms with Gasteiger partial charge in [0.1, 0.15) is 12.7 Å². The van der Waals surface area contributed by atoms with Crippen LogP contribution in [0.2, 0.25) is 0 Å². The van der Waals surface area contributed by atoms with Gasteiger partial charge in [0.15, 0.2) is 5.16 Å². The standard InChI is InChI=1S/C17H23N3O4S/c1-21-11-14-7-16(19-17(18-14)25-2)24-12-15-9-20(4-6-23-15)8-13-3-5-22-10-13/h3,5,7,10,15H,4,6,8-9,11-12H2,1-2H3. The summed E-state index contributed by atoms with van der Waals surface area (Å²) in [6.07, 6.45) is 5.43. The lowest BCUT2D eigenvalue weighted by Crippen LogP contribution is -2.44. The molecule has 0 spiro atoms. The lowest BCUT2D eigenvalue weighted by molar-refractivity contribution is -0.0511. The van der Waals surface area contributed by atoms with Crippen LogP contribution in [0.5, 0.6) is 5.88 Å². The summed E-state index contributed by atoms with van der Waals surface area (Å²) in [6, 6.07) is 3.80. The lowest BCUT2D eigenvalue weighted by atomic mass is 10.2. The molecule has 0 saturated carbocycles. The van der Waals surface area contributed by atoms with E-state index < -0.39 is 0 Å². The molecule has 0 bridgehead atoms. The molecule has 1 fully saturated rings. The van der Waals surface area contributed by atoms with Crippen molar-refractivity contribution < 1.29 is 18.6 Å². The Bertz CT molecular complexity index is 653. The molecule has 0 aliphatic carbocycles. The van der Waals surface area contributed by atoms with Gasteiger partial charge in [-0.1, -0.05) is 11.8 Å². The van der Waals surface area contributed by atoms with Gasteiger partial charge in [0, 0.05) is 38.4 Å². The third-order valence-electron chi connectivity index (χ3n) is 3.84. The maximum Gasteiger partial charge on any atom is 0.217 e. The largest absolute Gasteiger partial charge is 0.475 e. The van der Waals surface area contributed by atoms with Crippen LogP contribution in [0.3, 0.4) is 0 Å². The summed E-state index contributed by atoms with van der Waals surface area (Å²) < 4.78 is 22.0. The Morgan fingerprint density at radius 2 is 2.32 bits per heavy atom. The molecule has 1 unspecified atom stereocenters. The number of thioether (sulfide) groups is 1. The van der Waals surface area contributed by atoms with E-state index in [2.05, 4.69) is 14.9 Å². The zero-order valence-corrected chi connectivity index (χ0v) is 15.3. The van der Waals surface area contributed by atoms with Gasteiger partial charge in [-0.3, -0.25) is 4.90 Å². The monoisotopic (exact) mass is 365 g/mol. The fraction of sp³-hybridized carbons (Fsp3) is 0.529. The van der Waals surface area contributed by atoms with Crippen LogP contribution in [0.1, 0.15) is 11.3 Å². The highest BCUT2D eigenvalue weighted by Gasteiger charge is 2.21. The van der Waals surface area contributed by atoms with Crippen molar-refractivity contribution in [1.29, 1.82) is 0 Å². The van der Waals surface area contributed by atoms with Crippen molar-refractivity contribution in [1.82, 2.24) is 14.9 Å². The molecule has 7 nitrogen and oxygen atoms in total. The van der Waals surface area contributed by atoms with Crippen LogP contribution in [-0.2, 0) is 22.6 Å². The van der Waals surface area contributed by atoms with Gasteiger partial charge >= 0.3 is 0 Å². The van der Waals surface area contributed by atoms with Crippen molar-refractivity contribution in [2.45, 2.75) is 24.4 Å². The maximum atomic E-state index is 5.87. The number of ether oxygens (including phenoxy) is 3. The van der Waals surface area contributed by atoms with E-state index in [0.717, 1.165) is 25.3 Å². The average Bonchev–Trinajstić information content (AvgIpc) is 3.13.